The molecule has 2 amide bonds. The Labute approximate surface area is 283 Å². The highest BCUT2D eigenvalue weighted by Crippen LogP contribution is 2.27. The van der Waals surface area contributed by atoms with Gasteiger partial charge in [0.05, 0.1) is 10.6 Å². The van der Waals surface area contributed by atoms with Crippen LogP contribution in [-0.4, -0.2) is 43.8 Å². The summed E-state index contributed by atoms with van der Waals surface area (Å²) in [6.07, 6.45) is 5.28. The molecular formula is C38H42ClN3O4S. The topological polar surface area (TPSA) is 86.8 Å². The third kappa shape index (κ3) is 9.02. The van der Waals surface area contributed by atoms with Gasteiger partial charge in [0.1, 0.15) is 12.6 Å². The fraction of sp³-hybridized carbons (Fsp3) is 0.316. The molecule has 9 heteroatoms. The molecule has 1 fully saturated rings. The Hall–Kier alpha value is -4.14. The van der Waals surface area contributed by atoms with Gasteiger partial charge in [-0.1, -0.05) is 103 Å². The molecule has 1 N–H and O–H groups in total. The standard InChI is InChI=1S/C38H42ClN3O4S/c1-28-19-21-35(22-20-28)47(45,46)42(34-18-9-11-29(2)23-34)27-37(43)41(26-31-14-10-15-32(39)24-31)36(25-30-12-5-3-6-13-30)38(44)40-33-16-7-4-8-17-33/h3,5-6,9-15,18-24,33,36H,4,7-8,16-17,25-27H2,1-2H3,(H,40,44)/t36-/m0/s1. The summed E-state index contributed by atoms with van der Waals surface area (Å²) < 4.78 is 29.6. The SMILES string of the molecule is Cc1ccc(S(=O)(=O)N(CC(=O)N(Cc2cccc(Cl)c2)[C@@H](Cc2ccccc2)C(=O)NC2CCCCC2)c2cccc(C)c2)cc1. The minimum Gasteiger partial charge on any atom is -0.352 e. The Morgan fingerprint density at radius 2 is 1.49 bits per heavy atom. The number of amides is 2. The van der Waals surface area contributed by atoms with E-state index in [9.17, 15) is 18.0 Å². The van der Waals surface area contributed by atoms with E-state index in [-0.39, 0.29) is 29.8 Å². The van der Waals surface area contributed by atoms with Gasteiger partial charge in [0.25, 0.3) is 10.0 Å². The van der Waals surface area contributed by atoms with Gasteiger partial charge in [-0.15, -0.1) is 0 Å². The number of hydrogen-bond acceptors (Lipinski definition) is 4. The maximum absolute atomic E-state index is 14.7. The first-order valence-electron chi connectivity index (χ1n) is 16.1. The van der Waals surface area contributed by atoms with Crippen LogP contribution in [0.2, 0.25) is 5.02 Å². The largest absolute Gasteiger partial charge is 0.352 e. The lowest BCUT2D eigenvalue weighted by molar-refractivity contribution is -0.140. The average Bonchev–Trinajstić information content (AvgIpc) is 3.06. The second kappa shape index (κ2) is 15.6. The van der Waals surface area contributed by atoms with Crippen LogP contribution >= 0.6 is 11.6 Å². The lowest BCUT2D eigenvalue weighted by Gasteiger charge is -2.35. The number of nitrogens with one attached hydrogen (secondary N) is 1. The van der Waals surface area contributed by atoms with Crippen molar-refractivity contribution in [2.45, 2.75) is 75.9 Å². The zero-order valence-corrected chi connectivity index (χ0v) is 28.5. The zero-order chi connectivity index (χ0) is 33.4. The number of sulfonamides is 1. The quantitative estimate of drug-likeness (QED) is 0.172. The van der Waals surface area contributed by atoms with Crippen LogP contribution in [0.1, 0.15) is 54.4 Å². The number of halogens is 1. The summed E-state index contributed by atoms with van der Waals surface area (Å²) in [5.74, 6) is -0.749. The highest BCUT2D eigenvalue weighted by atomic mass is 35.5. The summed E-state index contributed by atoms with van der Waals surface area (Å²) in [5, 5.41) is 3.74. The number of aryl methyl sites for hydroxylation is 2. The molecule has 47 heavy (non-hydrogen) atoms. The molecule has 1 atom stereocenters. The molecule has 0 spiro atoms. The van der Waals surface area contributed by atoms with Crippen molar-refractivity contribution < 1.29 is 18.0 Å². The Morgan fingerprint density at radius 3 is 2.17 bits per heavy atom. The van der Waals surface area contributed by atoms with E-state index in [2.05, 4.69) is 5.32 Å². The van der Waals surface area contributed by atoms with Crippen LogP contribution in [0.15, 0.2) is 108 Å². The summed E-state index contributed by atoms with van der Waals surface area (Å²) in [6.45, 7) is 3.33. The van der Waals surface area contributed by atoms with Gasteiger partial charge >= 0.3 is 0 Å². The zero-order valence-electron chi connectivity index (χ0n) is 26.9. The molecule has 7 nitrogen and oxygen atoms in total. The highest BCUT2D eigenvalue weighted by molar-refractivity contribution is 7.92. The van der Waals surface area contributed by atoms with E-state index in [1.54, 1.807) is 60.7 Å². The number of hydrogen-bond donors (Lipinski definition) is 1. The monoisotopic (exact) mass is 671 g/mol. The molecule has 246 valence electrons. The van der Waals surface area contributed by atoms with Crippen molar-refractivity contribution in [1.29, 1.82) is 0 Å². The number of nitrogens with zero attached hydrogens (tertiary/aromatic N) is 2. The number of rotatable bonds is 12. The molecule has 0 aliphatic heterocycles. The van der Waals surface area contributed by atoms with Crippen LogP contribution in [-0.2, 0) is 32.6 Å². The van der Waals surface area contributed by atoms with Gasteiger partial charge in [0.2, 0.25) is 11.8 Å². The lowest BCUT2D eigenvalue weighted by atomic mass is 9.94. The van der Waals surface area contributed by atoms with Crippen molar-refractivity contribution in [1.82, 2.24) is 10.2 Å². The van der Waals surface area contributed by atoms with E-state index in [0.29, 0.717) is 10.7 Å². The first-order valence-corrected chi connectivity index (χ1v) is 18.0. The fourth-order valence-electron chi connectivity index (χ4n) is 6.08. The van der Waals surface area contributed by atoms with Gasteiger partial charge < -0.3 is 10.2 Å². The van der Waals surface area contributed by atoms with Crippen molar-refractivity contribution >= 4 is 39.1 Å². The second-order valence-electron chi connectivity index (χ2n) is 12.4. The maximum Gasteiger partial charge on any atom is 0.264 e. The van der Waals surface area contributed by atoms with E-state index >= 15 is 0 Å². The van der Waals surface area contributed by atoms with Crippen LogP contribution in [0, 0.1) is 13.8 Å². The Kier molecular flexibility index (Phi) is 11.4. The molecule has 0 aromatic heterocycles. The molecule has 0 saturated heterocycles. The molecule has 4 aromatic carbocycles. The van der Waals surface area contributed by atoms with E-state index in [4.69, 9.17) is 11.6 Å². The fourth-order valence-corrected chi connectivity index (χ4v) is 7.70. The van der Waals surface area contributed by atoms with Gasteiger partial charge in [0.15, 0.2) is 0 Å². The Balaban J connectivity index is 1.56. The van der Waals surface area contributed by atoms with Crippen LogP contribution in [0.5, 0.6) is 0 Å². The van der Waals surface area contributed by atoms with Gasteiger partial charge in [-0.05, 0) is 79.8 Å². The minimum absolute atomic E-state index is 0.0309. The molecule has 1 aliphatic rings. The number of carbonyl (C=O) groups excluding carboxylic acids is 2. The molecule has 1 saturated carbocycles. The Bertz CT molecular complexity index is 1770. The predicted molar refractivity (Wildman–Crippen MR) is 188 cm³/mol. The molecule has 4 aromatic rings. The molecule has 1 aliphatic carbocycles. The maximum atomic E-state index is 14.7. The molecule has 0 unspecified atom stereocenters. The number of anilines is 1. The van der Waals surface area contributed by atoms with E-state index in [1.807, 2.05) is 56.3 Å². The number of benzene rings is 4. The van der Waals surface area contributed by atoms with Crippen molar-refractivity contribution in [2.75, 3.05) is 10.8 Å². The van der Waals surface area contributed by atoms with Crippen molar-refractivity contribution in [3.63, 3.8) is 0 Å². The second-order valence-corrected chi connectivity index (χ2v) is 14.7. The summed E-state index contributed by atoms with van der Waals surface area (Å²) >= 11 is 6.36. The molecule has 0 heterocycles. The first kappa shape index (κ1) is 34.2. The molecular weight excluding hydrogens is 630 g/mol. The highest BCUT2D eigenvalue weighted by Gasteiger charge is 2.35. The molecule has 0 bridgehead atoms. The van der Waals surface area contributed by atoms with Crippen LogP contribution in [0.3, 0.4) is 0 Å². The van der Waals surface area contributed by atoms with E-state index < -0.39 is 28.5 Å². The van der Waals surface area contributed by atoms with Crippen molar-refractivity contribution in [2.24, 2.45) is 0 Å². The summed E-state index contributed by atoms with van der Waals surface area (Å²) in [5.41, 5.74) is 3.76. The normalized spacial score (nSPS) is 14.3. The molecule has 0 radical (unpaired) electrons. The number of carbonyl (C=O) groups is 2. The van der Waals surface area contributed by atoms with Gasteiger partial charge in [-0.2, -0.15) is 0 Å². The first-order chi connectivity index (χ1) is 22.6. The van der Waals surface area contributed by atoms with E-state index in [1.165, 1.54) is 4.90 Å². The van der Waals surface area contributed by atoms with Crippen LogP contribution in [0.4, 0.5) is 5.69 Å². The molecule has 5 rings (SSSR count). The smallest absolute Gasteiger partial charge is 0.264 e. The summed E-state index contributed by atoms with van der Waals surface area (Å²) in [6, 6.07) is 29.5. The average molecular weight is 672 g/mol. The Morgan fingerprint density at radius 1 is 0.809 bits per heavy atom. The van der Waals surface area contributed by atoms with Gasteiger partial charge in [0, 0.05) is 24.0 Å². The minimum atomic E-state index is -4.16. The summed E-state index contributed by atoms with van der Waals surface area (Å²) in [7, 11) is -4.16. The van der Waals surface area contributed by atoms with E-state index in [0.717, 1.165) is 58.7 Å². The van der Waals surface area contributed by atoms with Crippen molar-refractivity contribution in [3.05, 3.63) is 130 Å². The third-order valence-electron chi connectivity index (χ3n) is 8.64. The third-order valence-corrected chi connectivity index (χ3v) is 10.7. The van der Waals surface area contributed by atoms with Gasteiger partial charge in [-0.25, -0.2) is 8.42 Å². The van der Waals surface area contributed by atoms with Crippen LogP contribution < -0.4 is 9.62 Å². The summed E-state index contributed by atoms with van der Waals surface area (Å²) in [4.78, 5) is 30.5. The van der Waals surface area contributed by atoms with Gasteiger partial charge in [-0.3, -0.25) is 13.9 Å². The lowest BCUT2D eigenvalue weighted by Crippen LogP contribution is -2.55. The van der Waals surface area contributed by atoms with Crippen LogP contribution in [0.25, 0.3) is 0 Å². The predicted octanol–water partition coefficient (Wildman–Crippen LogP) is 7.24. The van der Waals surface area contributed by atoms with Crippen molar-refractivity contribution in [3.8, 4) is 0 Å².